The molecule has 0 aliphatic heterocycles. The van der Waals surface area contributed by atoms with E-state index in [1.54, 1.807) is 0 Å². The Morgan fingerprint density at radius 3 is 2.47 bits per heavy atom. The van der Waals surface area contributed by atoms with E-state index >= 15 is 0 Å². The van der Waals surface area contributed by atoms with Crippen molar-refractivity contribution in [2.75, 3.05) is 14.1 Å². The van der Waals surface area contributed by atoms with Gasteiger partial charge in [0, 0.05) is 11.9 Å². The van der Waals surface area contributed by atoms with Gasteiger partial charge < -0.3 is 4.90 Å². The summed E-state index contributed by atoms with van der Waals surface area (Å²) >= 11 is 0. The lowest BCUT2D eigenvalue weighted by Gasteiger charge is -2.13. The normalized spacial score (nSPS) is 11.4. The van der Waals surface area contributed by atoms with Crippen LogP contribution in [-0.4, -0.2) is 29.0 Å². The number of hydrogen-bond donors (Lipinski definition) is 0. The Labute approximate surface area is 92.6 Å². The summed E-state index contributed by atoms with van der Waals surface area (Å²) in [7, 11) is 4.07. The molecule has 0 atom stereocenters. The van der Waals surface area contributed by atoms with E-state index in [0.717, 1.165) is 18.8 Å². The number of aryl methyl sites for hydroxylation is 1. The van der Waals surface area contributed by atoms with E-state index in [1.165, 1.54) is 11.3 Å². The third kappa shape index (κ3) is 3.27. The highest BCUT2D eigenvalue weighted by molar-refractivity contribution is 5.21. The lowest BCUT2D eigenvalue weighted by molar-refractivity contribution is 0.389. The molecule has 0 spiro atoms. The molecule has 0 fully saturated rings. The van der Waals surface area contributed by atoms with E-state index in [4.69, 9.17) is 0 Å². The molecule has 0 N–H and O–H groups in total. The maximum absolute atomic E-state index is 4.60. The van der Waals surface area contributed by atoms with Crippen LogP contribution in [0.3, 0.4) is 0 Å². The predicted molar refractivity (Wildman–Crippen MR) is 62.9 cm³/mol. The Balaban J connectivity index is 2.97. The van der Waals surface area contributed by atoms with Crippen molar-refractivity contribution in [3.63, 3.8) is 0 Å². The predicted octanol–water partition coefficient (Wildman–Crippen LogP) is 2.22. The molecule has 1 heterocycles. The smallest absolute Gasteiger partial charge is 0.142 e. The molecule has 3 nitrogen and oxygen atoms in total. The summed E-state index contributed by atoms with van der Waals surface area (Å²) < 4.78 is 0. The summed E-state index contributed by atoms with van der Waals surface area (Å²) in [6, 6.07) is 0. The van der Waals surface area contributed by atoms with Crippen LogP contribution in [0.2, 0.25) is 0 Å². The van der Waals surface area contributed by atoms with Crippen LogP contribution in [0.1, 0.15) is 43.8 Å². The summed E-state index contributed by atoms with van der Waals surface area (Å²) in [6.07, 6.45) is 2.96. The van der Waals surface area contributed by atoms with E-state index in [2.05, 4.69) is 35.6 Å². The summed E-state index contributed by atoms with van der Waals surface area (Å²) in [5, 5.41) is 0. The zero-order chi connectivity index (χ0) is 11.4. The standard InChI is InChI=1S/C12H21N3/c1-6-11-10(9(2)3)7-13-12(14-11)8-15(4)5/h7,9H,6,8H2,1-5H3. The van der Waals surface area contributed by atoms with Gasteiger partial charge in [-0.25, -0.2) is 9.97 Å². The van der Waals surface area contributed by atoms with E-state index in [0.29, 0.717) is 5.92 Å². The second-order valence-corrected chi connectivity index (χ2v) is 4.43. The molecule has 1 aromatic heterocycles. The topological polar surface area (TPSA) is 29.0 Å². The molecule has 0 saturated heterocycles. The van der Waals surface area contributed by atoms with Gasteiger partial charge in [-0.05, 0) is 32.0 Å². The average Bonchev–Trinajstić information content (AvgIpc) is 2.16. The van der Waals surface area contributed by atoms with Gasteiger partial charge in [-0.3, -0.25) is 0 Å². The molecular weight excluding hydrogens is 186 g/mol. The van der Waals surface area contributed by atoms with Crippen molar-refractivity contribution in [1.82, 2.24) is 14.9 Å². The van der Waals surface area contributed by atoms with Crippen molar-refractivity contribution in [2.45, 2.75) is 39.7 Å². The van der Waals surface area contributed by atoms with Gasteiger partial charge in [-0.15, -0.1) is 0 Å². The second kappa shape index (κ2) is 5.21. The maximum Gasteiger partial charge on any atom is 0.142 e. The van der Waals surface area contributed by atoms with Crippen LogP contribution < -0.4 is 0 Å². The van der Waals surface area contributed by atoms with Gasteiger partial charge in [-0.2, -0.15) is 0 Å². The molecule has 0 aliphatic rings. The van der Waals surface area contributed by atoms with Gasteiger partial charge in [-0.1, -0.05) is 20.8 Å². The summed E-state index contributed by atoms with van der Waals surface area (Å²) in [6.45, 7) is 7.33. The summed E-state index contributed by atoms with van der Waals surface area (Å²) in [5.74, 6) is 1.43. The van der Waals surface area contributed by atoms with Crippen LogP contribution in [0.25, 0.3) is 0 Å². The summed E-state index contributed by atoms with van der Waals surface area (Å²) in [5.41, 5.74) is 2.47. The van der Waals surface area contributed by atoms with Crippen molar-refractivity contribution < 1.29 is 0 Å². The van der Waals surface area contributed by atoms with Gasteiger partial charge in [0.1, 0.15) is 5.82 Å². The first-order valence-corrected chi connectivity index (χ1v) is 5.54. The number of nitrogens with zero attached hydrogens (tertiary/aromatic N) is 3. The molecule has 1 rings (SSSR count). The van der Waals surface area contributed by atoms with E-state index in [9.17, 15) is 0 Å². The Hall–Kier alpha value is -0.960. The first-order valence-electron chi connectivity index (χ1n) is 5.54. The average molecular weight is 207 g/mol. The molecule has 0 radical (unpaired) electrons. The molecule has 0 amide bonds. The minimum atomic E-state index is 0.508. The quantitative estimate of drug-likeness (QED) is 0.758. The first kappa shape index (κ1) is 12.1. The zero-order valence-corrected chi connectivity index (χ0v) is 10.4. The third-order valence-corrected chi connectivity index (χ3v) is 2.36. The number of rotatable bonds is 4. The molecule has 15 heavy (non-hydrogen) atoms. The Kier molecular flexibility index (Phi) is 4.21. The molecule has 0 aliphatic carbocycles. The monoisotopic (exact) mass is 207 g/mol. The van der Waals surface area contributed by atoms with Crippen molar-refractivity contribution in [2.24, 2.45) is 0 Å². The number of aromatic nitrogens is 2. The fourth-order valence-electron chi connectivity index (χ4n) is 1.59. The van der Waals surface area contributed by atoms with E-state index < -0.39 is 0 Å². The highest BCUT2D eigenvalue weighted by Gasteiger charge is 2.09. The molecule has 0 aromatic carbocycles. The lowest BCUT2D eigenvalue weighted by atomic mass is 10.0. The molecule has 0 unspecified atom stereocenters. The van der Waals surface area contributed by atoms with Crippen LogP contribution in [-0.2, 0) is 13.0 Å². The Bertz CT molecular complexity index is 319. The minimum Gasteiger partial charge on any atom is -0.302 e. The molecular formula is C12H21N3. The van der Waals surface area contributed by atoms with Gasteiger partial charge in [0.2, 0.25) is 0 Å². The van der Waals surface area contributed by atoms with Crippen LogP contribution in [0.4, 0.5) is 0 Å². The Morgan fingerprint density at radius 2 is 2.00 bits per heavy atom. The maximum atomic E-state index is 4.60. The van der Waals surface area contributed by atoms with Crippen molar-refractivity contribution in [3.8, 4) is 0 Å². The largest absolute Gasteiger partial charge is 0.302 e. The van der Waals surface area contributed by atoms with E-state index in [-0.39, 0.29) is 0 Å². The number of hydrogen-bond acceptors (Lipinski definition) is 3. The lowest BCUT2D eigenvalue weighted by Crippen LogP contribution is -2.15. The SMILES string of the molecule is CCc1nc(CN(C)C)ncc1C(C)C. The van der Waals surface area contributed by atoms with Gasteiger partial charge in [0.05, 0.1) is 6.54 Å². The molecule has 84 valence electrons. The Morgan fingerprint density at radius 1 is 1.33 bits per heavy atom. The molecule has 1 aromatic rings. The molecule has 0 saturated carbocycles. The zero-order valence-electron chi connectivity index (χ0n) is 10.4. The fourth-order valence-corrected chi connectivity index (χ4v) is 1.59. The summed E-state index contributed by atoms with van der Waals surface area (Å²) in [4.78, 5) is 11.1. The molecule has 0 bridgehead atoms. The second-order valence-electron chi connectivity index (χ2n) is 4.43. The minimum absolute atomic E-state index is 0.508. The van der Waals surface area contributed by atoms with Gasteiger partial charge in [0.15, 0.2) is 0 Å². The fraction of sp³-hybridized carbons (Fsp3) is 0.667. The van der Waals surface area contributed by atoms with Crippen LogP contribution >= 0.6 is 0 Å². The highest BCUT2D eigenvalue weighted by atomic mass is 15.1. The van der Waals surface area contributed by atoms with Crippen molar-refractivity contribution in [1.29, 1.82) is 0 Å². The van der Waals surface area contributed by atoms with Crippen LogP contribution in [0.15, 0.2) is 6.20 Å². The van der Waals surface area contributed by atoms with E-state index in [1.807, 2.05) is 20.3 Å². The van der Waals surface area contributed by atoms with Crippen LogP contribution in [0.5, 0.6) is 0 Å². The van der Waals surface area contributed by atoms with Crippen molar-refractivity contribution >= 4 is 0 Å². The molecule has 3 heteroatoms. The van der Waals surface area contributed by atoms with Crippen molar-refractivity contribution in [3.05, 3.63) is 23.3 Å². The van der Waals surface area contributed by atoms with Crippen LogP contribution in [0, 0.1) is 0 Å². The van der Waals surface area contributed by atoms with Gasteiger partial charge in [0.25, 0.3) is 0 Å². The first-order chi connectivity index (χ1) is 7.04. The highest BCUT2D eigenvalue weighted by Crippen LogP contribution is 2.17. The third-order valence-electron chi connectivity index (χ3n) is 2.36. The van der Waals surface area contributed by atoms with Gasteiger partial charge >= 0.3 is 0 Å².